The van der Waals surface area contributed by atoms with Gasteiger partial charge in [-0.3, -0.25) is 0 Å². The van der Waals surface area contributed by atoms with Gasteiger partial charge >= 0.3 is 7.12 Å². The van der Waals surface area contributed by atoms with E-state index < -0.39 is 33.6 Å². The van der Waals surface area contributed by atoms with Crippen LogP contribution in [0.5, 0.6) is 5.75 Å². The van der Waals surface area contributed by atoms with E-state index in [2.05, 4.69) is 0 Å². The molecule has 0 saturated carbocycles. The molecule has 0 aliphatic rings. The smallest absolute Gasteiger partial charge is 0.475 e. The highest BCUT2D eigenvalue weighted by Crippen LogP contribution is 2.25. The fraction of sp³-hybridized carbons (Fsp3) is 0.600. The van der Waals surface area contributed by atoms with Crippen molar-refractivity contribution in [3.05, 3.63) is 24.3 Å². The topological polar surface area (TPSA) is 93.1 Å². The third-order valence-electron chi connectivity index (χ3n) is 3.93. The molecule has 0 heterocycles. The molecule has 0 aliphatic heterocycles. The highest BCUT2D eigenvalue weighted by molar-refractivity contribution is 7.91. The number of hydrogen-bond acceptors (Lipinski definition) is 6. The van der Waals surface area contributed by atoms with Gasteiger partial charge in [-0.05, 0) is 52.2 Å². The Bertz CT molecular complexity index is 636. The first kappa shape index (κ1) is 20.0. The molecule has 6 nitrogen and oxygen atoms in total. The summed E-state index contributed by atoms with van der Waals surface area (Å²) in [6.07, 6.45) is 1.09. The normalized spacial score (nSPS) is 14.4. The summed E-state index contributed by atoms with van der Waals surface area (Å²) in [7, 11) is -4.62. The average Bonchev–Trinajstić information content (AvgIpc) is 2.36. The minimum absolute atomic E-state index is 0.309. The lowest BCUT2D eigenvalue weighted by Gasteiger charge is -2.38. The maximum absolute atomic E-state index is 11.4. The van der Waals surface area contributed by atoms with E-state index in [9.17, 15) is 18.5 Å². The monoisotopic (exact) mass is 344 g/mol. The Hall–Kier alpha value is -1.09. The predicted molar refractivity (Wildman–Crippen MR) is 90.4 cm³/mol. The number of aliphatic hydroxyl groups is 1. The highest BCUT2D eigenvalue weighted by Gasteiger charge is 2.39. The number of hydrogen-bond donors (Lipinski definition) is 2. The molecule has 1 aromatic carbocycles. The zero-order valence-electron chi connectivity index (χ0n) is 14.4. The van der Waals surface area contributed by atoms with Crippen molar-refractivity contribution in [1.29, 1.82) is 0 Å². The van der Waals surface area contributed by atoms with Gasteiger partial charge in [0.2, 0.25) is 0 Å². The molecule has 0 spiro atoms. The molecule has 1 atom stereocenters. The molecule has 130 valence electrons. The second-order valence-electron chi connectivity index (χ2n) is 6.63. The number of sulfone groups is 1. The second kappa shape index (κ2) is 6.80. The van der Waals surface area contributed by atoms with E-state index in [1.54, 1.807) is 45.9 Å². The summed E-state index contributed by atoms with van der Waals surface area (Å²) in [5.41, 5.74) is -2.75. The van der Waals surface area contributed by atoms with Crippen LogP contribution in [-0.2, 0) is 14.5 Å². The van der Waals surface area contributed by atoms with Crippen molar-refractivity contribution >= 4 is 22.4 Å². The molecule has 2 N–H and O–H groups in total. The van der Waals surface area contributed by atoms with Crippen molar-refractivity contribution < 1.29 is 27.9 Å². The summed E-state index contributed by atoms with van der Waals surface area (Å²) in [5, 5.41) is 20.3. The lowest BCUT2D eigenvalue weighted by molar-refractivity contribution is -0.0982. The molecule has 0 bridgehead atoms. The Balaban J connectivity index is 2.92. The van der Waals surface area contributed by atoms with E-state index in [-0.39, 0.29) is 0 Å². The molecular formula is C15H25BO6S. The van der Waals surface area contributed by atoms with Crippen molar-refractivity contribution in [3.63, 3.8) is 0 Å². The van der Waals surface area contributed by atoms with E-state index >= 15 is 0 Å². The van der Waals surface area contributed by atoms with Crippen LogP contribution in [0.3, 0.4) is 0 Å². The minimum Gasteiger partial charge on any atom is -0.475 e. The molecule has 0 aromatic heterocycles. The third kappa shape index (κ3) is 5.49. The Kier molecular flexibility index (Phi) is 5.91. The Morgan fingerprint density at radius 1 is 1.22 bits per heavy atom. The second-order valence-corrected chi connectivity index (χ2v) is 8.95. The van der Waals surface area contributed by atoms with E-state index in [0.717, 1.165) is 6.26 Å². The molecule has 8 heteroatoms. The maximum Gasteiger partial charge on any atom is 0.491 e. The number of ether oxygens (including phenoxy) is 1. The van der Waals surface area contributed by atoms with Gasteiger partial charge in [0.1, 0.15) is 5.75 Å². The van der Waals surface area contributed by atoms with Crippen LogP contribution in [-0.4, -0.2) is 48.6 Å². The van der Waals surface area contributed by atoms with Crippen molar-refractivity contribution in [2.24, 2.45) is 0 Å². The zero-order valence-corrected chi connectivity index (χ0v) is 15.2. The van der Waals surface area contributed by atoms with E-state index in [4.69, 9.17) is 9.39 Å². The first-order valence-corrected chi connectivity index (χ1v) is 9.23. The van der Waals surface area contributed by atoms with Gasteiger partial charge in [-0.15, -0.1) is 0 Å². The number of rotatable bonds is 7. The fourth-order valence-corrected chi connectivity index (χ4v) is 1.80. The molecule has 0 aliphatic carbocycles. The van der Waals surface area contributed by atoms with Crippen molar-refractivity contribution in [3.8, 4) is 5.75 Å². The van der Waals surface area contributed by atoms with Gasteiger partial charge in [-0.25, -0.2) is 8.42 Å². The highest BCUT2D eigenvalue weighted by atomic mass is 32.2. The van der Waals surface area contributed by atoms with E-state index in [1.165, 1.54) is 13.0 Å². The molecule has 1 rings (SSSR count). The third-order valence-corrected chi connectivity index (χ3v) is 5.23. The minimum atomic E-state index is -3.33. The van der Waals surface area contributed by atoms with Crippen LogP contribution < -0.4 is 10.2 Å². The van der Waals surface area contributed by atoms with Gasteiger partial charge < -0.3 is 19.5 Å². The molecular weight excluding hydrogens is 319 g/mol. The predicted octanol–water partition coefficient (Wildman–Crippen LogP) is 0.710. The van der Waals surface area contributed by atoms with Gasteiger partial charge in [0.15, 0.2) is 15.3 Å². The molecule has 1 unspecified atom stereocenters. The first-order valence-electron chi connectivity index (χ1n) is 7.28. The van der Waals surface area contributed by atoms with Crippen LogP contribution >= 0.6 is 0 Å². The largest absolute Gasteiger partial charge is 0.491 e. The van der Waals surface area contributed by atoms with Crippen molar-refractivity contribution in [1.82, 2.24) is 0 Å². The van der Waals surface area contributed by atoms with E-state index in [1.807, 2.05) is 0 Å². The summed E-state index contributed by atoms with van der Waals surface area (Å²) in [6.45, 7) is 7.96. The lowest BCUT2D eigenvalue weighted by Crippen LogP contribution is -2.53. The number of benzene rings is 1. The molecule has 0 amide bonds. The average molecular weight is 344 g/mol. The van der Waals surface area contributed by atoms with Crippen LogP contribution in [0.1, 0.15) is 34.6 Å². The molecule has 0 fully saturated rings. The van der Waals surface area contributed by atoms with Gasteiger partial charge in [-0.2, -0.15) is 0 Å². The summed E-state index contributed by atoms with van der Waals surface area (Å²) < 4.78 is 33.8. The summed E-state index contributed by atoms with van der Waals surface area (Å²) >= 11 is 0. The Morgan fingerprint density at radius 2 is 1.78 bits per heavy atom. The SMILES string of the molecule is CC(Oc1cccc(B(O)OC(C)(C)C(C)(C)O)c1)S(C)(=O)=O. The molecule has 0 saturated heterocycles. The standard InChI is InChI=1S/C15H25BO6S/c1-11(23(6,19)20)21-13-9-7-8-12(10-13)16(18)22-15(4,5)14(2,3)17/h7-11,17-18H,1-6H3. The van der Waals surface area contributed by atoms with Gasteiger partial charge in [0, 0.05) is 6.26 Å². The van der Waals surface area contributed by atoms with Gasteiger partial charge in [0.25, 0.3) is 0 Å². The maximum atomic E-state index is 11.4. The molecule has 23 heavy (non-hydrogen) atoms. The fourth-order valence-electron chi connectivity index (χ4n) is 1.51. The van der Waals surface area contributed by atoms with Crippen LogP contribution in [0.4, 0.5) is 0 Å². The molecule has 1 aromatic rings. The Morgan fingerprint density at radius 3 is 2.26 bits per heavy atom. The Labute approximate surface area is 138 Å². The summed E-state index contributed by atoms with van der Waals surface area (Å²) in [6, 6.07) is 6.36. The van der Waals surface area contributed by atoms with Gasteiger partial charge in [0.05, 0.1) is 11.2 Å². The van der Waals surface area contributed by atoms with Crippen molar-refractivity contribution in [2.75, 3.05) is 6.26 Å². The first-order chi connectivity index (χ1) is 10.2. The quantitative estimate of drug-likeness (QED) is 0.708. The lowest BCUT2D eigenvalue weighted by atomic mass is 9.76. The van der Waals surface area contributed by atoms with Crippen LogP contribution in [0.15, 0.2) is 24.3 Å². The zero-order chi connectivity index (χ0) is 18.1. The summed E-state index contributed by atoms with van der Waals surface area (Å²) in [5.74, 6) is 0.309. The van der Waals surface area contributed by atoms with Crippen molar-refractivity contribution in [2.45, 2.75) is 51.3 Å². The summed E-state index contributed by atoms with van der Waals surface area (Å²) in [4.78, 5) is 0. The van der Waals surface area contributed by atoms with Gasteiger partial charge in [-0.1, -0.05) is 12.1 Å². The van der Waals surface area contributed by atoms with Crippen LogP contribution in [0, 0.1) is 0 Å². The van der Waals surface area contributed by atoms with Crippen LogP contribution in [0.25, 0.3) is 0 Å². The molecule has 0 radical (unpaired) electrons. The van der Waals surface area contributed by atoms with E-state index in [0.29, 0.717) is 11.2 Å². The van der Waals surface area contributed by atoms with Crippen LogP contribution in [0.2, 0.25) is 0 Å².